The van der Waals surface area contributed by atoms with Crippen LogP contribution in [0.1, 0.15) is 92.9 Å². The first kappa shape index (κ1) is 28.3. The molecule has 0 radical (unpaired) electrons. The maximum atomic E-state index is 13.6. The van der Waals surface area contributed by atoms with E-state index in [0.29, 0.717) is 48.4 Å². The van der Waals surface area contributed by atoms with Crippen molar-refractivity contribution in [3.63, 3.8) is 0 Å². The number of carbonyl (C=O) groups excluding carboxylic acids is 1. The highest BCUT2D eigenvalue weighted by Gasteiger charge is 2.67. The van der Waals surface area contributed by atoms with Crippen LogP contribution in [0.15, 0.2) is 12.2 Å². The Hall–Kier alpha value is -0.710. The molecule has 1 N–H and O–H groups in total. The molecule has 36 heavy (non-hydrogen) atoms. The van der Waals surface area contributed by atoms with E-state index in [2.05, 4.69) is 46.8 Å². The highest BCUT2D eigenvalue weighted by Crippen LogP contribution is 2.69. The lowest BCUT2D eigenvalue weighted by molar-refractivity contribution is -0.183. The van der Waals surface area contributed by atoms with E-state index in [-0.39, 0.29) is 17.6 Å². The summed E-state index contributed by atoms with van der Waals surface area (Å²) in [4.78, 5) is 13.6. The summed E-state index contributed by atoms with van der Waals surface area (Å²) in [5.74, 6) is 4.66. The number of methoxy groups -OCH3 is 1. The summed E-state index contributed by atoms with van der Waals surface area (Å²) >= 11 is 0. The molecule has 4 rings (SSSR count). The molecule has 4 aliphatic carbocycles. The van der Waals surface area contributed by atoms with Gasteiger partial charge < -0.3 is 14.6 Å². The number of aliphatic hydroxyl groups excluding tert-OH is 1. The van der Waals surface area contributed by atoms with Crippen LogP contribution in [-0.2, 0) is 14.3 Å². The average Bonchev–Trinajstić information content (AvgIpc) is 3.24. The second-order valence-electron chi connectivity index (χ2n) is 13.9. The monoisotopic (exact) mass is 502 g/mol. The highest BCUT2D eigenvalue weighted by molar-refractivity contribution is 5.84. The van der Waals surface area contributed by atoms with Crippen LogP contribution in [0.4, 0.5) is 0 Å². The number of fused-ring (bicyclic) bond motifs is 5. The summed E-state index contributed by atoms with van der Waals surface area (Å²) < 4.78 is 10.7. The zero-order valence-corrected chi connectivity index (χ0v) is 24.2. The predicted octanol–water partition coefficient (Wildman–Crippen LogP) is 6.91. The van der Waals surface area contributed by atoms with Gasteiger partial charge in [-0.1, -0.05) is 53.2 Å². The van der Waals surface area contributed by atoms with E-state index in [0.717, 1.165) is 31.1 Å². The summed E-state index contributed by atoms with van der Waals surface area (Å²) in [6, 6.07) is 0. The van der Waals surface area contributed by atoms with Crippen LogP contribution in [0.3, 0.4) is 0 Å². The molecule has 0 aliphatic heterocycles. The first-order chi connectivity index (χ1) is 17.1. The number of Topliss-reactive ketones (excluding diaryl/α,β-unsaturated/α-hetero) is 1. The predicted molar refractivity (Wildman–Crippen MR) is 145 cm³/mol. The standard InChI is InChI=1S/C32H54O4/c1-20(2)24(18-36-19-35-7)9-8-22(4)27-12-13-28-26-11-10-25-16-21(3)14-15-31(25,6)29(26)17-30(34)32(27,28)23(5)33/h8-9,20-22,24-30,34H,10-19H2,1-7H3/b9-8+/t21-,22-,24+,25-,26?,27-,28?,29?,30+,31+,32-/m1/s1. The maximum absolute atomic E-state index is 13.6. The Morgan fingerprint density at radius 2 is 1.81 bits per heavy atom. The van der Waals surface area contributed by atoms with E-state index < -0.39 is 11.5 Å². The van der Waals surface area contributed by atoms with Gasteiger partial charge in [-0.2, -0.15) is 0 Å². The van der Waals surface area contributed by atoms with E-state index in [1.54, 1.807) is 14.0 Å². The molecule has 0 heterocycles. The van der Waals surface area contributed by atoms with Crippen molar-refractivity contribution >= 4 is 5.78 Å². The highest BCUT2D eigenvalue weighted by atomic mass is 16.7. The number of carbonyl (C=O) groups is 1. The SMILES string of the molecule is COCOC[C@H](/C=C/[C@@H](C)[C@H]1CCC2C3CC[C@@H]4C[C@H](C)CC[C@]4(C)C3C[C@H](O)[C@@]21C(C)=O)C(C)C. The van der Waals surface area contributed by atoms with Gasteiger partial charge in [0, 0.05) is 13.0 Å². The number of ether oxygens (including phenoxy) is 2. The molecule has 4 heteroatoms. The third-order valence-corrected chi connectivity index (χ3v) is 11.8. The Bertz CT molecular complexity index is 791. The molecule has 0 amide bonds. The molecule has 4 saturated carbocycles. The van der Waals surface area contributed by atoms with Crippen LogP contribution < -0.4 is 0 Å². The molecule has 0 bridgehead atoms. The fourth-order valence-electron chi connectivity index (χ4n) is 9.83. The van der Waals surface area contributed by atoms with Gasteiger partial charge in [0.15, 0.2) is 0 Å². The number of ketones is 1. The van der Waals surface area contributed by atoms with Gasteiger partial charge in [-0.3, -0.25) is 4.79 Å². The summed E-state index contributed by atoms with van der Waals surface area (Å²) in [6.45, 7) is 14.5. The van der Waals surface area contributed by atoms with Gasteiger partial charge in [-0.05, 0) is 105 Å². The second kappa shape index (κ2) is 11.2. The molecule has 4 nitrogen and oxygen atoms in total. The molecule has 4 aliphatic rings. The zero-order chi connectivity index (χ0) is 26.3. The lowest BCUT2D eigenvalue weighted by atomic mass is 9.42. The topological polar surface area (TPSA) is 55.8 Å². The largest absolute Gasteiger partial charge is 0.392 e. The van der Waals surface area contributed by atoms with Crippen LogP contribution in [0.25, 0.3) is 0 Å². The summed E-state index contributed by atoms with van der Waals surface area (Å²) in [6.07, 6.45) is 13.7. The lowest BCUT2D eigenvalue weighted by Crippen LogP contribution is -2.61. The Morgan fingerprint density at radius 1 is 1.06 bits per heavy atom. The molecule has 0 saturated heterocycles. The number of rotatable bonds is 9. The minimum atomic E-state index is -0.573. The molecule has 0 aromatic heterocycles. The number of hydrogen-bond donors (Lipinski definition) is 1. The van der Waals surface area contributed by atoms with Gasteiger partial charge in [-0.15, -0.1) is 0 Å². The molecule has 4 fully saturated rings. The van der Waals surface area contributed by atoms with Crippen molar-refractivity contribution < 1.29 is 19.4 Å². The van der Waals surface area contributed by atoms with Crippen molar-refractivity contribution in [3.05, 3.63) is 12.2 Å². The van der Waals surface area contributed by atoms with E-state index in [4.69, 9.17) is 9.47 Å². The quantitative estimate of drug-likeness (QED) is 0.211. The molecular formula is C32H54O4. The van der Waals surface area contributed by atoms with Gasteiger partial charge in [-0.25, -0.2) is 0 Å². The number of hydrogen-bond acceptors (Lipinski definition) is 4. The first-order valence-electron chi connectivity index (χ1n) is 15.0. The smallest absolute Gasteiger partial charge is 0.146 e. The maximum Gasteiger partial charge on any atom is 0.146 e. The zero-order valence-electron chi connectivity index (χ0n) is 24.2. The van der Waals surface area contributed by atoms with Crippen molar-refractivity contribution in [3.8, 4) is 0 Å². The average molecular weight is 503 g/mol. The van der Waals surface area contributed by atoms with Gasteiger partial charge in [0.1, 0.15) is 12.6 Å². The lowest BCUT2D eigenvalue weighted by Gasteiger charge is -2.62. The molecule has 0 spiro atoms. The van der Waals surface area contributed by atoms with Gasteiger partial charge in [0.05, 0.1) is 18.1 Å². The van der Waals surface area contributed by atoms with E-state index in [1.165, 1.54) is 32.1 Å². The number of aliphatic hydroxyl groups is 1. The molecule has 0 aromatic carbocycles. The van der Waals surface area contributed by atoms with E-state index >= 15 is 0 Å². The third kappa shape index (κ3) is 4.77. The van der Waals surface area contributed by atoms with Crippen molar-refractivity contribution in [2.45, 2.75) is 99.0 Å². The molecule has 206 valence electrons. The van der Waals surface area contributed by atoms with Crippen molar-refractivity contribution in [2.24, 2.45) is 64.1 Å². The Morgan fingerprint density at radius 3 is 2.47 bits per heavy atom. The minimum absolute atomic E-state index is 0.219. The van der Waals surface area contributed by atoms with Crippen LogP contribution in [-0.4, -0.2) is 37.5 Å². The summed E-state index contributed by atoms with van der Waals surface area (Å²) in [5.41, 5.74) is -0.231. The first-order valence-corrected chi connectivity index (χ1v) is 15.0. The van der Waals surface area contributed by atoms with Crippen LogP contribution in [0.5, 0.6) is 0 Å². The second-order valence-corrected chi connectivity index (χ2v) is 13.9. The fraction of sp³-hybridized carbons (Fsp3) is 0.906. The van der Waals surface area contributed by atoms with Crippen molar-refractivity contribution in [1.82, 2.24) is 0 Å². The normalized spacial score (nSPS) is 44.2. The van der Waals surface area contributed by atoms with Crippen molar-refractivity contribution in [1.29, 1.82) is 0 Å². The molecular weight excluding hydrogens is 448 g/mol. The molecule has 3 unspecified atom stereocenters. The minimum Gasteiger partial charge on any atom is -0.392 e. The summed E-state index contributed by atoms with van der Waals surface area (Å²) in [7, 11) is 1.65. The Balaban J connectivity index is 1.57. The van der Waals surface area contributed by atoms with Crippen LogP contribution >= 0.6 is 0 Å². The van der Waals surface area contributed by atoms with Gasteiger partial charge in [0.2, 0.25) is 0 Å². The van der Waals surface area contributed by atoms with Crippen molar-refractivity contribution in [2.75, 3.05) is 20.5 Å². The molecule has 0 aromatic rings. The molecule has 11 atom stereocenters. The van der Waals surface area contributed by atoms with Crippen LogP contribution in [0.2, 0.25) is 0 Å². The Labute approximate surface area is 221 Å². The Kier molecular flexibility index (Phi) is 8.79. The number of allylic oxidation sites excluding steroid dienone is 1. The third-order valence-electron chi connectivity index (χ3n) is 11.8. The van der Waals surface area contributed by atoms with Crippen LogP contribution in [0, 0.1) is 64.1 Å². The van der Waals surface area contributed by atoms with Gasteiger partial charge >= 0.3 is 0 Å². The van der Waals surface area contributed by atoms with E-state index in [9.17, 15) is 9.90 Å². The van der Waals surface area contributed by atoms with E-state index in [1.807, 2.05) is 0 Å². The van der Waals surface area contributed by atoms with Gasteiger partial charge in [0.25, 0.3) is 0 Å². The fourth-order valence-corrected chi connectivity index (χ4v) is 9.83. The summed E-state index contributed by atoms with van der Waals surface area (Å²) in [5, 5.41) is 11.9.